The molecule has 2 aromatic rings. The summed E-state index contributed by atoms with van der Waals surface area (Å²) in [7, 11) is 0. The van der Waals surface area contributed by atoms with E-state index in [9.17, 15) is 0 Å². The van der Waals surface area contributed by atoms with Gasteiger partial charge in [0.15, 0.2) is 5.82 Å². The van der Waals surface area contributed by atoms with Gasteiger partial charge < -0.3 is 9.63 Å². The molecule has 1 unspecified atom stereocenters. The number of hydrogen-bond donors (Lipinski definition) is 1. The first-order chi connectivity index (χ1) is 9.69. The SMILES string of the molecule is Cc1nc(CN(Cc2ccccc2)C(C)CCO)no1. The molecule has 2 rings (SSSR count). The molecule has 1 atom stereocenters. The summed E-state index contributed by atoms with van der Waals surface area (Å²) in [5.74, 6) is 1.26. The summed E-state index contributed by atoms with van der Waals surface area (Å²) in [5.41, 5.74) is 1.23. The van der Waals surface area contributed by atoms with Gasteiger partial charge in [0.05, 0.1) is 6.54 Å². The van der Waals surface area contributed by atoms with E-state index in [4.69, 9.17) is 9.63 Å². The quantitative estimate of drug-likeness (QED) is 0.839. The van der Waals surface area contributed by atoms with Crippen molar-refractivity contribution >= 4 is 0 Å². The Labute approximate surface area is 119 Å². The second kappa shape index (κ2) is 7.17. The van der Waals surface area contributed by atoms with Crippen molar-refractivity contribution in [2.45, 2.75) is 39.4 Å². The molecule has 0 fully saturated rings. The summed E-state index contributed by atoms with van der Waals surface area (Å²) in [6, 6.07) is 10.5. The Bertz CT molecular complexity index is 513. The van der Waals surface area contributed by atoms with E-state index in [0.717, 1.165) is 13.0 Å². The molecule has 0 saturated heterocycles. The highest BCUT2D eigenvalue weighted by atomic mass is 16.5. The highest BCUT2D eigenvalue weighted by Crippen LogP contribution is 2.13. The lowest BCUT2D eigenvalue weighted by atomic mass is 10.1. The van der Waals surface area contributed by atoms with Crippen molar-refractivity contribution in [3.8, 4) is 0 Å². The van der Waals surface area contributed by atoms with Crippen molar-refractivity contribution in [1.82, 2.24) is 15.0 Å². The van der Waals surface area contributed by atoms with Gasteiger partial charge in [0, 0.05) is 26.1 Å². The zero-order chi connectivity index (χ0) is 14.4. The van der Waals surface area contributed by atoms with Crippen molar-refractivity contribution in [3.05, 3.63) is 47.6 Å². The van der Waals surface area contributed by atoms with Crippen LogP contribution in [-0.2, 0) is 13.1 Å². The highest BCUT2D eigenvalue weighted by Gasteiger charge is 2.17. The normalized spacial score (nSPS) is 12.8. The topological polar surface area (TPSA) is 62.4 Å². The summed E-state index contributed by atoms with van der Waals surface area (Å²) in [6.45, 7) is 5.49. The highest BCUT2D eigenvalue weighted by molar-refractivity contribution is 5.14. The van der Waals surface area contributed by atoms with E-state index in [1.807, 2.05) is 18.2 Å². The number of aromatic nitrogens is 2. The maximum Gasteiger partial charge on any atom is 0.223 e. The molecule has 0 aliphatic carbocycles. The fourth-order valence-electron chi connectivity index (χ4n) is 2.14. The molecule has 0 radical (unpaired) electrons. The molecule has 5 heteroatoms. The molecule has 0 bridgehead atoms. The average Bonchev–Trinajstić information content (AvgIpc) is 2.85. The maximum absolute atomic E-state index is 9.15. The molecule has 0 aliphatic heterocycles. The van der Waals surface area contributed by atoms with Gasteiger partial charge >= 0.3 is 0 Å². The minimum Gasteiger partial charge on any atom is -0.396 e. The Morgan fingerprint density at radius 2 is 2.00 bits per heavy atom. The average molecular weight is 275 g/mol. The smallest absolute Gasteiger partial charge is 0.223 e. The number of hydrogen-bond acceptors (Lipinski definition) is 5. The third-order valence-corrected chi connectivity index (χ3v) is 3.31. The van der Waals surface area contributed by atoms with Crippen LogP contribution in [0.3, 0.4) is 0 Å². The number of rotatable bonds is 7. The molecule has 1 N–H and O–H groups in total. The standard InChI is InChI=1S/C15H21N3O2/c1-12(8-9-19)18(10-14-6-4-3-5-7-14)11-15-16-13(2)20-17-15/h3-7,12,19H,8-11H2,1-2H3. The van der Waals surface area contributed by atoms with E-state index >= 15 is 0 Å². The van der Waals surface area contributed by atoms with E-state index < -0.39 is 0 Å². The van der Waals surface area contributed by atoms with Crippen LogP contribution in [0.4, 0.5) is 0 Å². The Kier molecular flexibility index (Phi) is 5.26. The van der Waals surface area contributed by atoms with Crippen molar-refractivity contribution < 1.29 is 9.63 Å². The summed E-state index contributed by atoms with van der Waals surface area (Å²) in [6.07, 6.45) is 0.726. The number of aryl methyl sites for hydroxylation is 1. The minimum atomic E-state index is 0.178. The molecule has 1 heterocycles. The van der Waals surface area contributed by atoms with Crippen LogP contribution in [0.5, 0.6) is 0 Å². The lowest BCUT2D eigenvalue weighted by Crippen LogP contribution is -2.33. The van der Waals surface area contributed by atoms with Crippen LogP contribution >= 0.6 is 0 Å². The van der Waals surface area contributed by atoms with E-state index in [1.54, 1.807) is 6.92 Å². The van der Waals surface area contributed by atoms with Gasteiger partial charge in [-0.25, -0.2) is 0 Å². The van der Waals surface area contributed by atoms with Gasteiger partial charge in [-0.05, 0) is 18.9 Å². The third kappa shape index (κ3) is 4.15. The largest absolute Gasteiger partial charge is 0.396 e. The first-order valence-electron chi connectivity index (χ1n) is 6.87. The lowest BCUT2D eigenvalue weighted by Gasteiger charge is -2.27. The van der Waals surface area contributed by atoms with Gasteiger partial charge in [0.1, 0.15) is 0 Å². The zero-order valence-electron chi connectivity index (χ0n) is 12.0. The molecule has 108 valence electrons. The first kappa shape index (κ1) is 14.7. The number of aliphatic hydroxyl groups excluding tert-OH is 1. The predicted molar refractivity (Wildman–Crippen MR) is 75.9 cm³/mol. The van der Waals surface area contributed by atoms with Crippen molar-refractivity contribution in [3.63, 3.8) is 0 Å². The summed E-state index contributed by atoms with van der Waals surface area (Å²) in [5, 5.41) is 13.1. The second-order valence-electron chi connectivity index (χ2n) is 4.98. The lowest BCUT2D eigenvalue weighted by molar-refractivity contribution is 0.149. The third-order valence-electron chi connectivity index (χ3n) is 3.31. The van der Waals surface area contributed by atoms with Gasteiger partial charge in [-0.15, -0.1) is 0 Å². The molecule has 1 aromatic heterocycles. The fourth-order valence-corrected chi connectivity index (χ4v) is 2.14. The Morgan fingerprint density at radius 3 is 2.60 bits per heavy atom. The Hall–Kier alpha value is -1.72. The minimum absolute atomic E-state index is 0.178. The molecule has 0 saturated carbocycles. The molecule has 0 aliphatic rings. The monoisotopic (exact) mass is 275 g/mol. The van der Waals surface area contributed by atoms with E-state index in [2.05, 4.69) is 34.1 Å². The van der Waals surface area contributed by atoms with Gasteiger partial charge in [-0.1, -0.05) is 35.5 Å². The Morgan fingerprint density at radius 1 is 1.25 bits per heavy atom. The first-order valence-corrected chi connectivity index (χ1v) is 6.87. The van der Waals surface area contributed by atoms with Crippen molar-refractivity contribution in [2.75, 3.05) is 6.61 Å². The van der Waals surface area contributed by atoms with Crippen LogP contribution in [0, 0.1) is 6.92 Å². The summed E-state index contributed by atoms with van der Waals surface area (Å²) < 4.78 is 5.02. The molecule has 5 nitrogen and oxygen atoms in total. The van der Waals surface area contributed by atoms with Crippen LogP contribution in [0.1, 0.15) is 30.6 Å². The van der Waals surface area contributed by atoms with E-state index in [1.165, 1.54) is 5.56 Å². The molecular formula is C15H21N3O2. The van der Waals surface area contributed by atoms with Gasteiger partial charge in [0.2, 0.25) is 5.89 Å². The van der Waals surface area contributed by atoms with Crippen LogP contribution in [-0.4, -0.2) is 32.8 Å². The molecule has 0 spiro atoms. The fraction of sp³-hybridized carbons (Fsp3) is 0.467. The Balaban J connectivity index is 2.07. The maximum atomic E-state index is 9.15. The summed E-state index contributed by atoms with van der Waals surface area (Å²) >= 11 is 0. The van der Waals surface area contributed by atoms with E-state index in [0.29, 0.717) is 18.3 Å². The van der Waals surface area contributed by atoms with Crippen LogP contribution in [0.25, 0.3) is 0 Å². The van der Waals surface area contributed by atoms with Crippen LogP contribution < -0.4 is 0 Å². The van der Waals surface area contributed by atoms with Crippen molar-refractivity contribution in [1.29, 1.82) is 0 Å². The molecule has 0 amide bonds. The van der Waals surface area contributed by atoms with Gasteiger partial charge in [0.25, 0.3) is 0 Å². The predicted octanol–water partition coefficient (Wildman–Crippen LogP) is 2.15. The van der Waals surface area contributed by atoms with Gasteiger partial charge in [-0.3, -0.25) is 4.90 Å². The molecular weight excluding hydrogens is 254 g/mol. The molecule has 1 aromatic carbocycles. The van der Waals surface area contributed by atoms with Crippen molar-refractivity contribution in [2.24, 2.45) is 0 Å². The number of aliphatic hydroxyl groups is 1. The van der Waals surface area contributed by atoms with E-state index in [-0.39, 0.29) is 12.6 Å². The number of benzene rings is 1. The summed E-state index contributed by atoms with van der Waals surface area (Å²) in [4.78, 5) is 6.50. The zero-order valence-corrected chi connectivity index (χ0v) is 12.0. The van der Waals surface area contributed by atoms with Crippen LogP contribution in [0.15, 0.2) is 34.9 Å². The molecule has 20 heavy (non-hydrogen) atoms. The second-order valence-corrected chi connectivity index (χ2v) is 4.98. The number of nitrogens with zero attached hydrogens (tertiary/aromatic N) is 3. The van der Waals surface area contributed by atoms with Crippen LogP contribution in [0.2, 0.25) is 0 Å². The van der Waals surface area contributed by atoms with Gasteiger partial charge in [-0.2, -0.15) is 4.98 Å².